The third kappa shape index (κ3) is 6.74. The van der Waals surface area contributed by atoms with Gasteiger partial charge in [0.05, 0.1) is 6.10 Å². The van der Waals surface area contributed by atoms with E-state index in [4.69, 9.17) is 4.74 Å². The normalized spacial score (nSPS) is 24.6. The van der Waals surface area contributed by atoms with Crippen molar-refractivity contribution in [2.45, 2.75) is 71.3 Å². The Morgan fingerprint density at radius 3 is 2.36 bits per heavy atom. The summed E-state index contributed by atoms with van der Waals surface area (Å²) in [5, 5.41) is 9.29. The molecule has 3 rings (SSSR count). The van der Waals surface area contributed by atoms with E-state index in [9.17, 15) is 5.11 Å². The molecule has 2 fully saturated rings. The number of hydrogen-bond acceptors (Lipinski definition) is 3. The van der Waals surface area contributed by atoms with Crippen LogP contribution in [0.15, 0.2) is 22.7 Å². The number of piperidine rings is 1. The Balaban J connectivity index is 1.40. The molecular formula is C24H38BrNO2. The highest BCUT2D eigenvalue weighted by molar-refractivity contribution is 9.10. The monoisotopic (exact) mass is 451 g/mol. The lowest BCUT2D eigenvalue weighted by atomic mass is 9.80. The van der Waals surface area contributed by atoms with Gasteiger partial charge in [-0.1, -0.05) is 28.8 Å². The van der Waals surface area contributed by atoms with Crippen molar-refractivity contribution in [2.75, 3.05) is 26.2 Å². The fourth-order valence-corrected chi connectivity index (χ4v) is 5.25. The highest BCUT2D eigenvalue weighted by atomic mass is 79.9. The summed E-state index contributed by atoms with van der Waals surface area (Å²) in [6.45, 7) is 8.31. The van der Waals surface area contributed by atoms with E-state index in [1.54, 1.807) is 0 Å². The molecule has 0 unspecified atom stereocenters. The third-order valence-electron chi connectivity index (χ3n) is 6.68. The first-order valence-electron chi connectivity index (χ1n) is 11.3. The van der Waals surface area contributed by atoms with E-state index in [0.29, 0.717) is 12.5 Å². The number of nitrogens with zero attached hydrogens (tertiary/aromatic N) is 1. The van der Waals surface area contributed by atoms with E-state index in [-0.39, 0.29) is 6.10 Å². The van der Waals surface area contributed by atoms with Crippen LogP contribution in [0.4, 0.5) is 0 Å². The maximum atomic E-state index is 9.29. The molecule has 4 heteroatoms. The van der Waals surface area contributed by atoms with Gasteiger partial charge in [0.15, 0.2) is 0 Å². The molecule has 0 radical (unpaired) electrons. The fourth-order valence-electron chi connectivity index (χ4n) is 4.85. The zero-order chi connectivity index (χ0) is 19.9. The van der Waals surface area contributed by atoms with E-state index >= 15 is 0 Å². The summed E-state index contributed by atoms with van der Waals surface area (Å²) in [4.78, 5) is 2.68. The number of ether oxygens (including phenoxy) is 1. The van der Waals surface area contributed by atoms with E-state index in [1.807, 2.05) is 0 Å². The van der Waals surface area contributed by atoms with Crippen molar-refractivity contribution in [2.24, 2.45) is 17.8 Å². The average Bonchev–Trinajstić information content (AvgIpc) is 2.70. The van der Waals surface area contributed by atoms with Crippen molar-refractivity contribution in [1.29, 1.82) is 0 Å². The molecule has 1 N–H and O–H groups in total. The number of aliphatic hydroxyl groups excluding tert-OH is 1. The summed E-state index contributed by atoms with van der Waals surface area (Å²) in [7, 11) is 0. The summed E-state index contributed by atoms with van der Waals surface area (Å²) < 4.78 is 7.09. The summed E-state index contributed by atoms with van der Waals surface area (Å²) >= 11 is 3.73. The SMILES string of the molecule is CC(C)Oc1ccc(Br)c(CC2CCN(CCC3CCC(CO)CC3)CC2)c1. The predicted octanol–water partition coefficient (Wildman–Crippen LogP) is 5.68. The van der Waals surface area contributed by atoms with Gasteiger partial charge in [-0.05, 0) is 114 Å². The van der Waals surface area contributed by atoms with Crippen molar-refractivity contribution in [3.63, 3.8) is 0 Å². The second kappa shape index (κ2) is 11.0. The Bertz CT molecular complexity index is 590. The summed E-state index contributed by atoms with van der Waals surface area (Å²) in [5.41, 5.74) is 1.39. The molecule has 1 saturated heterocycles. The molecule has 1 aromatic rings. The number of likely N-dealkylation sites (tertiary alicyclic amines) is 1. The number of hydrogen-bond donors (Lipinski definition) is 1. The molecule has 3 nitrogen and oxygen atoms in total. The third-order valence-corrected chi connectivity index (χ3v) is 7.46. The van der Waals surface area contributed by atoms with Crippen LogP contribution in [0.5, 0.6) is 5.75 Å². The number of rotatable bonds is 8. The first kappa shape index (κ1) is 22.1. The Kier molecular flexibility index (Phi) is 8.68. The van der Waals surface area contributed by atoms with Crippen LogP contribution in [0.25, 0.3) is 0 Å². The van der Waals surface area contributed by atoms with Crippen LogP contribution in [0, 0.1) is 17.8 Å². The molecule has 1 aliphatic heterocycles. The maximum Gasteiger partial charge on any atom is 0.120 e. The van der Waals surface area contributed by atoms with Crippen LogP contribution in [-0.4, -0.2) is 42.4 Å². The van der Waals surface area contributed by atoms with Gasteiger partial charge in [-0.2, -0.15) is 0 Å². The lowest BCUT2D eigenvalue weighted by Crippen LogP contribution is -2.36. The van der Waals surface area contributed by atoms with Crippen molar-refractivity contribution in [3.8, 4) is 5.75 Å². The number of benzene rings is 1. The van der Waals surface area contributed by atoms with E-state index < -0.39 is 0 Å². The lowest BCUT2D eigenvalue weighted by molar-refractivity contribution is 0.141. The van der Waals surface area contributed by atoms with Gasteiger partial charge >= 0.3 is 0 Å². The number of aliphatic hydroxyl groups is 1. The predicted molar refractivity (Wildman–Crippen MR) is 120 cm³/mol. The molecule has 0 aromatic heterocycles. The van der Waals surface area contributed by atoms with E-state index in [0.717, 1.165) is 24.0 Å². The zero-order valence-corrected chi connectivity index (χ0v) is 19.3. The molecule has 1 heterocycles. The fraction of sp³-hybridized carbons (Fsp3) is 0.750. The van der Waals surface area contributed by atoms with Crippen molar-refractivity contribution in [3.05, 3.63) is 28.2 Å². The van der Waals surface area contributed by atoms with Gasteiger partial charge in [0.1, 0.15) is 5.75 Å². The van der Waals surface area contributed by atoms with Crippen LogP contribution in [-0.2, 0) is 6.42 Å². The van der Waals surface area contributed by atoms with Gasteiger partial charge in [0.25, 0.3) is 0 Å². The van der Waals surface area contributed by atoms with Crippen molar-refractivity contribution in [1.82, 2.24) is 4.90 Å². The van der Waals surface area contributed by atoms with Gasteiger partial charge in [-0.15, -0.1) is 0 Å². The molecule has 1 aromatic carbocycles. The second-order valence-electron chi connectivity index (χ2n) is 9.27. The zero-order valence-electron chi connectivity index (χ0n) is 17.7. The van der Waals surface area contributed by atoms with Crippen LogP contribution in [0.3, 0.4) is 0 Å². The molecule has 28 heavy (non-hydrogen) atoms. The Morgan fingerprint density at radius 2 is 1.71 bits per heavy atom. The molecule has 0 amide bonds. The minimum Gasteiger partial charge on any atom is -0.491 e. The van der Waals surface area contributed by atoms with Gasteiger partial charge in [-0.3, -0.25) is 0 Å². The summed E-state index contributed by atoms with van der Waals surface area (Å²) in [5.74, 6) is 3.24. The van der Waals surface area contributed by atoms with E-state index in [1.165, 1.54) is 74.6 Å². The van der Waals surface area contributed by atoms with Crippen molar-refractivity contribution < 1.29 is 9.84 Å². The van der Waals surface area contributed by atoms with Crippen LogP contribution >= 0.6 is 15.9 Å². The summed E-state index contributed by atoms with van der Waals surface area (Å²) in [6, 6.07) is 6.41. The highest BCUT2D eigenvalue weighted by Gasteiger charge is 2.23. The molecule has 2 aliphatic rings. The minimum atomic E-state index is 0.218. The molecule has 1 saturated carbocycles. The minimum absolute atomic E-state index is 0.218. The molecular weight excluding hydrogens is 414 g/mol. The second-order valence-corrected chi connectivity index (χ2v) is 10.1. The molecule has 0 spiro atoms. The maximum absolute atomic E-state index is 9.29. The van der Waals surface area contributed by atoms with Crippen LogP contribution < -0.4 is 4.74 Å². The summed E-state index contributed by atoms with van der Waals surface area (Å²) in [6.07, 6.45) is 10.4. The van der Waals surface area contributed by atoms with E-state index in [2.05, 4.69) is 52.9 Å². The molecule has 0 bridgehead atoms. The Hall–Kier alpha value is -0.580. The first-order chi connectivity index (χ1) is 13.5. The lowest BCUT2D eigenvalue weighted by Gasteiger charge is -2.34. The van der Waals surface area contributed by atoms with Crippen LogP contribution in [0.1, 0.15) is 64.4 Å². The highest BCUT2D eigenvalue weighted by Crippen LogP contribution is 2.32. The van der Waals surface area contributed by atoms with Crippen LogP contribution in [0.2, 0.25) is 0 Å². The average molecular weight is 452 g/mol. The van der Waals surface area contributed by atoms with Gasteiger partial charge < -0.3 is 14.7 Å². The Labute approximate surface area is 180 Å². The largest absolute Gasteiger partial charge is 0.491 e. The topological polar surface area (TPSA) is 32.7 Å². The molecule has 158 valence electrons. The standard InChI is InChI=1S/C24H38BrNO2/c1-18(2)28-23-7-8-24(25)22(16-23)15-20-10-13-26(14-11-20)12-9-19-3-5-21(17-27)6-4-19/h7-8,16,18-21,27H,3-6,9-15,17H2,1-2H3. The first-order valence-corrected chi connectivity index (χ1v) is 12.1. The molecule has 1 aliphatic carbocycles. The quantitative estimate of drug-likeness (QED) is 0.551. The van der Waals surface area contributed by atoms with Gasteiger partial charge in [-0.25, -0.2) is 0 Å². The molecule has 0 atom stereocenters. The van der Waals surface area contributed by atoms with Gasteiger partial charge in [0.2, 0.25) is 0 Å². The Morgan fingerprint density at radius 1 is 1.04 bits per heavy atom. The number of halogens is 1. The van der Waals surface area contributed by atoms with Gasteiger partial charge in [0, 0.05) is 11.1 Å². The smallest absolute Gasteiger partial charge is 0.120 e. The van der Waals surface area contributed by atoms with Crippen molar-refractivity contribution >= 4 is 15.9 Å².